The van der Waals surface area contributed by atoms with E-state index in [1.165, 1.54) is 22.2 Å². The van der Waals surface area contributed by atoms with Crippen LogP contribution < -0.4 is 5.32 Å². The minimum atomic E-state index is 0.732. The highest BCUT2D eigenvalue weighted by Crippen LogP contribution is 2.21. The SMILES string of the molecule is CN(Cc1cccc(CNC2CC2)n1)Cc1cc(Br)cs1. The predicted molar refractivity (Wildman–Crippen MR) is 91.3 cm³/mol. The Morgan fingerprint density at radius 1 is 1.33 bits per heavy atom. The maximum atomic E-state index is 4.75. The molecule has 3 nitrogen and oxygen atoms in total. The fourth-order valence-corrected chi connectivity index (χ4v) is 3.82. The molecule has 112 valence electrons. The number of nitrogens with zero attached hydrogens (tertiary/aromatic N) is 2. The van der Waals surface area contributed by atoms with Crippen LogP contribution in [0.5, 0.6) is 0 Å². The molecule has 0 atom stereocenters. The second-order valence-electron chi connectivity index (χ2n) is 5.68. The van der Waals surface area contributed by atoms with Crippen molar-refractivity contribution in [2.45, 2.75) is 38.5 Å². The van der Waals surface area contributed by atoms with E-state index in [2.05, 4.69) is 62.8 Å². The first-order chi connectivity index (χ1) is 10.2. The smallest absolute Gasteiger partial charge is 0.0547 e. The van der Waals surface area contributed by atoms with Crippen LogP contribution in [-0.2, 0) is 19.6 Å². The van der Waals surface area contributed by atoms with Gasteiger partial charge >= 0.3 is 0 Å². The van der Waals surface area contributed by atoms with E-state index in [9.17, 15) is 0 Å². The Morgan fingerprint density at radius 3 is 2.86 bits per heavy atom. The second-order valence-corrected chi connectivity index (χ2v) is 7.59. The maximum absolute atomic E-state index is 4.75. The van der Waals surface area contributed by atoms with Gasteiger partial charge in [0.25, 0.3) is 0 Å². The van der Waals surface area contributed by atoms with Gasteiger partial charge < -0.3 is 5.32 Å². The van der Waals surface area contributed by atoms with Crippen LogP contribution in [0.1, 0.15) is 29.1 Å². The van der Waals surface area contributed by atoms with Crippen molar-refractivity contribution >= 4 is 27.3 Å². The van der Waals surface area contributed by atoms with Crippen molar-refractivity contribution in [1.29, 1.82) is 0 Å². The third-order valence-corrected chi connectivity index (χ3v) is 5.18. The molecule has 2 aromatic heterocycles. The van der Waals surface area contributed by atoms with Gasteiger partial charge in [-0.3, -0.25) is 9.88 Å². The zero-order valence-corrected chi connectivity index (χ0v) is 14.6. The summed E-state index contributed by atoms with van der Waals surface area (Å²) in [6.45, 7) is 2.73. The zero-order chi connectivity index (χ0) is 14.7. The summed E-state index contributed by atoms with van der Waals surface area (Å²) in [5.74, 6) is 0. The lowest BCUT2D eigenvalue weighted by atomic mass is 10.3. The average molecular weight is 366 g/mol. The van der Waals surface area contributed by atoms with Crippen molar-refractivity contribution in [3.63, 3.8) is 0 Å². The molecule has 0 aliphatic heterocycles. The Morgan fingerprint density at radius 2 is 2.14 bits per heavy atom. The Labute approximate surface area is 138 Å². The van der Waals surface area contributed by atoms with Gasteiger partial charge in [0.05, 0.1) is 11.4 Å². The van der Waals surface area contributed by atoms with Crippen molar-refractivity contribution in [1.82, 2.24) is 15.2 Å². The first-order valence-electron chi connectivity index (χ1n) is 7.29. The summed E-state index contributed by atoms with van der Waals surface area (Å²) in [5, 5.41) is 5.65. The fourth-order valence-electron chi connectivity index (χ4n) is 2.29. The molecular formula is C16H20BrN3S. The molecule has 0 bridgehead atoms. The van der Waals surface area contributed by atoms with E-state index in [1.807, 2.05) is 0 Å². The number of aromatic nitrogens is 1. The van der Waals surface area contributed by atoms with E-state index in [0.29, 0.717) is 0 Å². The molecule has 3 rings (SSSR count). The van der Waals surface area contributed by atoms with Crippen LogP contribution in [0.3, 0.4) is 0 Å². The molecule has 5 heteroatoms. The van der Waals surface area contributed by atoms with E-state index in [1.54, 1.807) is 11.3 Å². The fraction of sp³-hybridized carbons (Fsp3) is 0.438. The number of nitrogens with one attached hydrogen (secondary N) is 1. The van der Waals surface area contributed by atoms with Crippen LogP contribution in [-0.4, -0.2) is 23.0 Å². The molecule has 1 N–H and O–H groups in total. The van der Waals surface area contributed by atoms with Gasteiger partial charge in [-0.2, -0.15) is 0 Å². The Balaban J connectivity index is 1.54. The minimum Gasteiger partial charge on any atom is -0.308 e. The van der Waals surface area contributed by atoms with Crippen molar-refractivity contribution < 1.29 is 0 Å². The number of pyridine rings is 1. The number of rotatable bonds is 7. The Bertz CT molecular complexity index is 595. The number of halogens is 1. The first-order valence-corrected chi connectivity index (χ1v) is 8.96. The maximum Gasteiger partial charge on any atom is 0.0547 e. The van der Waals surface area contributed by atoms with Gasteiger partial charge in [-0.25, -0.2) is 0 Å². The summed E-state index contributed by atoms with van der Waals surface area (Å²) in [5.41, 5.74) is 2.29. The van der Waals surface area contributed by atoms with Gasteiger partial charge in [-0.1, -0.05) is 6.07 Å². The number of hydrogen-bond donors (Lipinski definition) is 1. The average Bonchev–Trinajstić information content (AvgIpc) is 3.20. The molecule has 2 heterocycles. The number of hydrogen-bond acceptors (Lipinski definition) is 4. The normalized spacial score (nSPS) is 14.8. The van der Waals surface area contributed by atoms with Crippen molar-refractivity contribution in [3.8, 4) is 0 Å². The van der Waals surface area contributed by atoms with Crippen molar-refractivity contribution in [3.05, 3.63) is 50.4 Å². The molecular weight excluding hydrogens is 346 g/mol. The molecule has 0 radical (unpaired) electrons. The molecule has 0 spiro atoms. The first kappa shape index (κ1) is 15.2. The molecule has 2 aromatic rings. The third-order valence-electron chi connectivity index (χ3n) is 3.49. The van der Waals surface area contributed by atoms with Crippen molar-refractivity contribution in [2.75, 3.05) is 7.05 Å². The van der Waals surface area contributed by atoms with Crippen LogP contribution in [0.15, 0.2) is 34.1 Å². The van der Waals surface area contributed by atoms with Crippen LogP contribution in [0.25, 0.3) is 0 Å². The molecule has 1 aliphatic rings. The molecule has 1 fully saturated rings. The van der Waals surface area contributed by atoms with E-state index < -0.39 is 0 Å². The Hall–Kier alpha value is -0.750. The molecule has 1 aliphatic carbocycles. The lowest BCUT2D eigenvalue weighted by Gasteiger charge is -2.15. The van der Waals surface area contributed by atoms with Crippen LogP contribution >= 0.6 is 27.3 Å². The van der Waals surface area contributed by atoms with Crippen molar-refractivity contribution in [2.24, 2.45) is 0 Å². The standard InChI is InChI=1S/C16H20BrN3S/c1-20(10-16-7-12(17)11-21-16)9-15-4-2-3-14(19-15)8-18-13-5-6-13/h2-4,7,11,13,18H,5-6,8-10H2,1H3. The largest absolute Gasteiger partial charge is 0.308 e. The van der Waals surface area contributed by atoms with Gasteiger partial charge in [-0.15, -0.1) is 11.3 Å². The van der Waals surface area contributed by atoms with E-state index in [4.69, 9.17) is 4.98 Å². The summed E-state index contributed by atoms with van der Waals surface area (Å²) in [6, 6.07) is 9.25. The van der Waals surface area contributed by atoms with E-state index in [0.717, 1.165) is 37.1 Å². The molecule has 0 aromatic carbocycles. The summed E-state index contributed by atoms with van der Waals surface area (Å²) in [7, 11) is 2.14. The highest BCUT2D eigenvalue weighted by atomic mass is 79.9. The molecule has 0 unspecified atom stereocenters. The highest BCUT2D eigenvalue weighted by Gasteiger charge is 2.20. The summed E-state index contributed by atoms with van der Waals surface area (Å²) >= 11 is 5.30. The quantitative estimate of drug-likeness (QED) is 0.808. The summed E-state index contributed by atoms with van der Waals surface area (Å²) < 4.78 is 1.17. The van der Waals surface area contributed by atoms with E-state index >= 15 is 0 Å². The minimum absolute atomic E-state index is 0.732. The van der Waals surface area contributed by atoms with Gasteiger partial charge in [0.15, 0.2) is 0 Å². The molecule has 0 amide bonds. The topological polar surface area (TPSA) is 28.2 Å². The molecule has 21 heavy (non-hydrogen) atoms. The molecule has 1 saturated carbocycles. The highest BCUT2D eigenvalue weighted by molar-refractivity contribution is 9.10. The zero-order valence-electron chi connectivity index (χ0n) is 12.2. The lowest BCUT2D eigenvalue weighted by Crippen LogP contribution is -2.19. The summed E-state index contributed by atoms with van der Waals surface area (Å²) in [4.78, 5) is 8.42. The van der Waals surface area contributed by atoms with Gasteiger partial charge in [0.1, 0.15) is 0 Å². The number of thiophene rings is 1. The van der Waals surface area contributed by atoms with Crippen LogP contribution in [0.4, 0.5) is 0 Å². The van der Waals surface area contributed by atoms with Gasteiger partial charge in [-0.05, 0) is 54.0 Å². The predicted octanol–water partition coefficient (Wildman–Crippen LogP) is 3.79. The third kappa shape index (κ3) is 4.88. The van der Waals surface area contributed by atoms with Gasteiger partial charge in [0, 0.05) is 40.4 Å². The van der Waals surface area contributed by atoms with Crippen LogP contribution in [0, 0.1) is 0 Å². The molecule has 0 saturated heterocycles. The van der Waals surface area contributed by atoms with E-state index in [-0.39, 0.29) is 0 Å². The van der Waals surface area contributed by atoms with Gasteiger partial charge in [0.2, 0.25) is 0 Å². The Kier molecular flexibility index (Phi) is 5.06. The lowest BCUT2D eigenvalue weighted by molar-refractivity contribution is 0.317. The summed E-state index contributed by atoms with van der Waals surface area (Å²) in [6.07, 6.45) is 2.64. The second kappa shape index (κ2) is 7.01. The van der Waals surface area contributed by atoms with Crippen LogP contribution in [0.2, 0.25) is 0 Å². The monoisotopic (exact) mass is 365 g/mol.